The molecule has 5 nitrogen and oxygen atoms in total. The third kappa shape index (κ3) is 3.59. The van der Waals surface area contributed by atoms with E-state index in [1.807, 2.05) is 6.07 Å². The van der Waals surface area contributed by atoms with Gasteiger partial charge in [-0.3, -0.25) is 10.1 Å². The Bertz CT molecular complexity index is 434. The van der Waals surface area contributed by atoms with Crippen LogP contribution in [0.4, 0.5) is 17.1 Å². The van der Waals surface area contributed by atoms with Crippen LogP contribution in [0.25, 0.3) is 0 Å². The maximum atomic E-state index is 10.9. The number of rotatable bonds is 7. The van der Waals surface area contributed by atoms with Crippen LogP contribution in [0.2, 0.25) is 0 Å². The topological polar surface area (TPSA) is 67.2 Å². The zero-order valence-corrected chi connectivity index (χ0v) is 12.1. The van der Waals surface area contributed by atoms with Gasteiger partial charge in [-0.2, -0.15) is 0 Å². The molecular weight excluding hydrogens is 242 g/mol. The minimum atomic E-state index is -0.364. The Hall–Kier alpha value is -1.78. The summed E-state index contributed by atoms with van der Waals surface area (Å²) in [6.07, 6.45) is 2.95. The lowest BCUT2D eigenvalue weighted by atomic mass is 9.89. The minimum Gasteiger partial charge on any atom is -0.388 e. The van der Waals surface area contributed by atoms with Crippen molar-refractivity contribution in [1.29, 1.82) is 0 Å². The number of hydrogen-bond donors (Lipinski definition) is 2. The average molecular weight is 265 g/mol. The second-order valence-electron chi connectivity index (χ2n) is 4.74. The van der Waals surface area contributed by atoms with E-state index in [0.717, 1.165) is 30.6 Å². The average Bonchev–Trinajstić information content (AvgIpc) is 2.44. The van der Waals surface area contributed by atoms with Gasteiger partial charge < -0.3 is 10.6 Å². The van der Waals surface area contributed by atoms with Gasteiger partial charge in [0.25, 0.3) is 5.69 Å². The van der Waals surface area contributed by atoms with Crippen molar-refractivity contribution >= 4 is 17.1 Å². The molecule has 0 aliphatic rings. The van der Waals surface area contributed by atoms with Crippen LogP contribution in [-0.4, -0.2) is 17.5 Å². The summed E-state index contributed by atoms with van der Waals surface area (Å²) in [7, 11) is 1.76. The van der Waals surface area contributed by atoms with Gasteiger partial charge in [0.1, 0.15) is 0 Å². The molecule has 0 bridgehead atoms. The first-order valence-electron chi connectivity index (χ1n) is 6.75. The first kappa shape index (κ1) is 15.3. The summed E-state index contributed by atoms with van der Waals surface area (Å²) in [5, 5.41) is 17.4. The van der Waals surface area contributed by atoms with E-state index in [1.165, 1.54) is 6.07 Å². The monoisotopic (exact) mass is 265 g/mol. The largest absolute Gasteiger partial charge is 0.388 e. The Morgan fingerprint density at radius 3 is 2.05 bits per heavy atom. The number of non-ortho nitro benzene ring substituents is 1. The Morgan fingerprint density at radius 1 is 1.11 bits per heavy atom. The van der Waals surface area contributed by atoms with Gasteiger partial charge in [-0.15, -0.1) is 0 Å². The lowest BCUT2D eigenvalue weighted by Gasteiger charge is -2.33. The third-order valence-electron chi connectivity index (χ3n) is 3.86. The van der Waals surface area contributed by atoms with Crippen LogP contribution in [0.15, 0.2) is 18.2 Å². The fraction of sp³-hybridized carbons (Fsp3) is 0.571. The highest BCUT2D eigenvalue weighted by molar-refractivity contribution is 5.64. The molecule has 1 aromatic carbocycles. The zero-order valence-electron chi connectivity index (χ0n) is 12.1. The molecule has 19 heavy (non-hydrogen) atoms. The molecule has 106 valence electrons. The number of nitro benzene ring substituents is 1. The van der Waals surface area contributed by atoms with E-state index in [4.69, 9.17) is 0 Å². The maximum Gasteiger partial charge on any atom is 0.273 e. The normalized spacial score (nSPS) is 11.2. The zero-order chi connectivity index (χ0) is 14.5. The molecular formula is C14H23N3O2. The van der Waals surface area contributed by atoms with Crippen molar-refractivity contribution in [2.45, 2.75) is 45.6 Å². The van der Waals surface area contributed by atoms with Crippen molar-refractivity contribution in [3.05, 3.63) is 28.3 Å². The summed E-state index contributed by atoms with van der Waals surface area (Å²) in [5.74, 6) is 0. The molecule has 1 rings (SSSR count). The van der Waals surface area contributed by atoms with Gasteiger partial charge >= 0.3 is 0 Å². The molecule has 0 aliphatic heterocycles. The van der Waals surface area contributed by atoms with Crippen molar-refractivity contribution in [3.63, 3.8) is 0 Å². The molecule has 0 saturated carbocycles. The molecule has 0 heterocycles. The van der Waals surface area contributed by atoms with Crippen LogP contribution >= 0.6 is 0 Å². The van der Waals surface area contributed by atoms with Gasteiger partial charge in [-0.25, -0.2) is 0 Å². The van der Waals surface area contributed by atoms with Gasteiger partial charge in [0.2, 0.25) is 0 Å². The highest BCUT2D eigenvalue weighted by atomic mass is 16.6. The van der Waals surface area contributed by atoms with Gasteiger partial charge in [-0.05, 0) is 25.3 Å². The Balaban J connectivity index is 3.12. The van der Waals surface area contributed by atoms with Crippen LogP contribution in [-0.2, 0) is 0 Å². The standard InChI is InChI=1S/C14H23N3O2/c1-5-14(6-2,7-3)16-12-8-11(15-4)9-13(10-12)17(18)19/h8-10,15-16H,5-7H2,1-4H3. The number of hydrogen-bond acceptors (Lipinski definition) is 4. The molecule has 0 atom stereocenters. The van der Waals surface area contributed by atoms with Crippen LogP contribution in [0.1, 0.15) is 40.0 Å². The third-order valence-corrected chi connectivity index (χ3v) is 3.86. The fourth-order valence-corrected chi connectivity index (χ4v) is 2.25. The van der Waals surface area contributed by atoms with Crippen molar-refractivity contribution < 1.29 is 4.92 Å². The molecule has 1 aromatic rings. The molecule has 5 heteroatoms. The first-order valence-corrected chi connectivity index (χ1v) is 6.75. The molecule has 0 aliphatic carbocycles. The Morgan fingerprint density at radius 2 is 1.63 bits per heavy atom. The quantitative estimate of drug-likeness (QED) is 0.577. The van der Waals surface area contributed by atoms with E-state index < -0.39 is 0 Å². The highest BCUT2D eigenvalue weighted by Gasteiger charge is 2.24. The molecule has 0 spiro atoms. The van der Waals surface area contributed by atoms with E-state index in [2.05, 4.69) is 31.4 Å². The number of nitrogens with zero attached hydrogens (tertiary/aromatic N) is 1. The smallest absolute Gasteiger partial charge is 0.273 e. The van der Waals surface area contributed by atoms with Crippen LogP contribution < -0.4 is 10.6 Å². The van der Waals surface area contributed by atoms with Crippen LogP contribution in [0, 0.1) is 10.1 Å². The number of anilines is 2. The van der Waals surface area contributed by atoms with Crippen molar-refractivity contribution in [1.82, 2.24) is 0 Å². The summed E-state index contributed by atoms with van der Waals surface area (Å²) in [4.78, 5) is 10.6. The van der Waals surface area contributed by atoms with Crippen molar-refractivity contribution in [2.75, 3.05) is 17.7 Å². The van der Waals surface area contributed by atoms with Gasteiger partial charge in [-0.1, -0.05) is 20.8 Å². The lowest BCUT2D eigenvalue weighted by molar-refractivity contribution is -0.384. The highest BCUT2D eigenvalue weighted by Crippen LogP contribution is 2.30. The summed E-state index contributed by atoms with van der Waals surface area (Å²) in [5.41, 5.74) is 1.64. The van der Waals surface area contributed by atoms with E-state index in [1.54, 1.807) is 13.1 Å². The minimum absolute atomic E-state index is 0.000231. The predicted octanol–water partition coefficient (Wildman–Crippen LogP) is 4.02. The van der Waals surface area contributed by atoms with Crippen LogP contribution in [0.3, 0.4) is 0 Å². The van der Waals surface area contributed by atoms with Crippen molar-refractivity contribution in [2.24, 2.45) is 0 Å². The number of nitro groups is 1. The molecule has 0 unspecified atom stereocenters. The molecule has 0 saturated heterocycles. The van der Waals surface area contributed by atoms with E-state index >= 15 is 0 Å². The molecule has 2 N–H and O–H groups in total. The number of nitrogens with one attached hydrogen (secondary N) is 2. The molecule has 0 fully saturated rings. The van der Waals surface area contributed by atoms with Crippen LogP contribution in [0.5, 0.6) is 0 Å². The fourth-order valence-electron chi connectivity index (χ4n) is 2.25. The molecule has 0 amide bonds. The Kier molecular flexibility index (Phi) is 5.15. The van der Waals surface area contributed by atoms with Crippen molar-refractivity contribution in [3.8, 4) is 0 Å². The first-order chi connectivity index (χ1) is 9.00. The van der Waals surface area contributed by atoms with Gasteiger partial charge in [0, 0.05) is 36.1 Å². The summed E-state index contributed by atoms with van der Waals surface area (Å²) >= 11 is 0. The second-order valence-corrected chi connectivity index (χ2v) is 4.74. The molecule has 0 aromatic heterocycles. The second kappa shape index (κ2) is 6.41. The summed E-state index contributed by atoms with van der Waals surface area (Å²) in [6, 6.07) is 5.04. The van der Waals surface area contributed by atoms with Gasteiger partial charge in [0.15, 0.2) is 0 Å². The Labute approximate surface area is 114 Å². The van der Waals surface area contributed by atoms with Gasteiger partial charge in [0.05, 0.1) is 4.92 Å². The molecule has 0 radical (unpaired) electrons. The number of benzene rings is 1. The van der Waals surface area contributed by atoms with E-state index in [-0.39, 0.29) is 16.1 Å². The summed E-state index contributed by atoms with van der Waals surface area (Å²) < 4.78 is 0. The SMILES string of the molecule is CCC(CC)(CC)Nc1cc(NC)cc([N+](=O)[O-])c1. The van der Waals surface area contributed by atoms with E-state index in [0.29, 0.717) is 0 Å². The maximum absolute atomic E-state index is 10.9. The lowest BCUT2D eigenvalue weighted by Crippen LogP contribution is -2.36. The van der Waals surface area contributed by atoms with E-state index in [9.17, 15) is 10.1 Å². The summed E-state index contributed by atoms with van der Waals surface area (Å²) in [6.45, 7) is 6.41. The predicted molar refractivity (Wildman–Crippen MR) is 79.9 cm³/mol.